The molecule has 3 rings (SSSR count). The molecule has 2 heteroatoms. The second kappa shape index (κ2) is 5.72. The van der Waals surface area contributed by atoms with E-state index < -0.39 is 0 Å². The fraction of sp³-hybridized carbons (Fsp3) is 1.00. The molecule has 2 bridgehead atoms. The van der Waals surface area contributed by atoms with E-state index in [-0.39, 0.29) is 0 Å². The molecule has 0 radical (unpaired) electrons. The Hall–Kier alpha value is -0.0800. The molecule has 3 aliphatic carbocycles. The minimum absolute atomic E-state index is 1.00. The van der Waals surface area contributed by atoms with E-state index in [2.05, 4.69) is 0 Å². The van der Waals surface area contributed by atoms with E-state index in [1.807, 2.05) is 0 Å². The topological polar surface area (TPSA) is 40.5 Å². The Morgan fingerprint density at radius 1 is 0.714 bits per heavy atom. The third kappa shape index (κ3) is 1.96. The molecule has 14 heavy (non-hydrogen) atoms. The van der Waals surface area contributed by atoms with Crippen molar-refractivity contribution < 1.29 is 10.2 Å². The Morgan fingerprint density at radius 2 is 1.14 bits per heavy atom. The van der Waals surface area contributed by atoms with Gasteiger partial charge >= 0.3 is 0 Å². The predicted molar refractivity (Wildman–Crippen MR) is 57.9 cm³/mol. The average Bonchev–Trinajstić information content (AvgIpc) is 2.97. The normalized spacial score (nSPS) is 42.0. The van der Waals surface area contributed by atoms with Crippen LogP contribution < -0.4 is 0 Å². The van der Waals surface area contributed by atoms with Gasteiger partial charge in [-0.25, -0.2) is 0 Å². The summed E-state index contributed by atoms with van der Waals surface area (Å²) >= 11 is 0. The standard InChI is InChI=1S/C10H16.2CH4O/c1-2-9-7-4-5-8(6-7)10(9)3-1;2*1-2/h7-10H,1-6H2;2*2H,1H3. The van der Waals surface area contributed by atoms with Crippen LogP contribution in [0.15, 0.2) is 0 Å². The maximum atomic E-state index is 7.00. The minimum atomic E-state index is 1.00. The average molecular weight is 200 g/mol. The molecule has 0 heterocycles. The van der Waals surface area contributed by atoms with Crippen LogP contribution in [0.2, 0.25) is 0 Å². The second-order valence-corrected chi connectivity index (χ2v) is 4.59. The molecule has 2 N–H and O–H groups in total. The fourth-order valence-electron chi connectivity index (χ4n) is 4.02. The Balaban J connectivity index is 0.000000222. The summed E-state index contributed by atoms with van der Waals surface area (Å²) in [5.74, 6) is 4.80. The molecule has 2 nitrogen and oxygen atoms in total. The van der Waals surface area contributed by atoms with Crippen LogP contribution in [-0.2, 0) is 0 Å². The molecule has 4 atom stereocenters. The SMILES string of the molecule is C1CC2C3CCC(C3)C2C1.CO.CO. The van der Waals surface area contributed by atoms with Crippen LogP contribution >= 0.6 is 0 Å². The molecule has 4 unspecified atom stereocenters. The van der Waals surface area contributed by atoms with Crippen molar-refractivity contribution in [3.05, 3.63) is 0 Å². The smallest absolute Gasteiger partial charge is 0.0319 e. The Labute approximate surface area is 87.3 Å². The van der Waals surface area contributed by atoms with Crippen molar-refractivity contribution in [1.82, 2.24) is 0 Å². The maximum absolute atomic E-state index is 7.00. The van der Waals surface area contributed by atoms with E-state index in [1.54, 1.807) is 38.5 Å². The van der Waals surface area contributed by atoms with Crippen LogP contribution in [0.25, 0.3) is 0 Å². The van der Waals surface area contributed by atoms with Gasteiger partial charge in [0.15, 0.2) is 0 Å². The number of aliphatic hydroxyl groups excluding tert-OH is 2. The zero-order valence-corrected chi connectivity index (χ0v) is 9.45. The van der Waals surface area contributed by atoms with Gasteiger partial charge in [0.1, 0.15) is 0 Å². The van der Waals surface area contributed by atoms with Crippen LogP contribution in [0.4, 0.5) is 0 Å². The predicted octanol–water partition coefficient (Wildman–Crippen LogP) is 2.05. The van der Waals surface area contributed by atoms with E-state index in [0.29, 0.717) is 0 Å². The van der Waals surface area contributed by atoms with Crippen LogP contribution in [0.5, 0.6) is 0 Å². The lowest BCUT2D eigenvalue weighted by molar-refractivity contribution is 0.259. The molecule has 0 aromatic carbocycles. The van der Waals surface area contributed by atoms with E-state index in [1.165, 1.54) is 23.7 Å². The number of aliphatic hydroxyl groups is 2. The van der Waals surface area contributed by atoms with Crippen molar-refractivity contribution in [1.29, 1.82) is 0 Å². The highest BCUT2D eigenvalue weighted by atomic mass is 16.2. The third-order valence-corrected chi connectivity index (χ3v) is 4.35. The summed E-state index contributed by atoms with van der Waals surface area (Å²) in [6.07, 6.45) is 9.53. The summed E-state index contributed by atoms with van der Waals surface area (Å²) < 4.78 is 0. The molecular formula is C12H24O2. The van der Waals surface area contributed by atoms with Gasteiger partial charge in [0.2, 0.25) is 0 Å². The zero-order chi connectivity index (χ0) is 10.6. The molecule has 84 valence electrons. The van der Waals surface area contributed by atoms with Gasteiger partial charge in [-0.2, -0.15) is 0 Å². The molecule has 3 saturated carbocycles. The van der Waals surface area contributed by atoms with Crippen molar-refractivity contribution >= 4 is 0 Å². The highest BCUT2D eigenvalue weighted by Crippen LogP contribution is 2.58. The third-order valence-electron chi connectivity index (χ3n) is 4.35. The van der Waals surface area contributed by atoms with Crippen LogP contribution in [0.3, 0.4) is 0 Å². The highest BCUT2D eigenvalue weighted by Gasteiger charge is 2.48. The van der Waals surface area contributed by atoms with E-state index >= 15 is 0 Å². The summed E-state index contributed by atoms with van der Waals surface area (Å²) in [5, 5.41) is 14.0. The van der Waals surface area contributed by atoms with Gasteiger partial charge in [0.05, 0.1) is 0 Å². The van der Waals surface area contributed by atoms with Gasteiger partial charge in [-0.3, -0.25) is 0 Å². The number of fused-ring (bicyclic) bond motifs is 5. The largest absolute Gasteiger partial charge is 0.400 e. The van der Waals surface area contributed by atoms with Gasteiger partial charge in [-0.1, -0.05) is 6.42 Å². The van der Waals surface area contributed by atoms with Crippen molar-refractivity contribution in [2.45, 2.75) is 38.5 Å². The summed E-state index contributed by atoms with van der Waals surface area (Å²) in [6, 6.07) is 0. The fourth-order valence-corrected chi connectivity index (χ4v) is 4.02. The zero-order valence-electron chi connectivity index (χ0n) is 9.45. The van der Waals surface area contributed by atoms with E-state index in [4.69, 9.17) is 10.2 Å². The lowest BCUT2D eigenvalue weighted by Crippen LogP contribution is -2.15. The van der Waals surface area contributed by atoms with Gasteiger partial charge < -0.3 is 10.2 Å². The summed E-state index contributed by atoms with van der Waals surface area (Å²) in [4.78, 5) is 0. The van der Waals surface area contributed by atoms with Crippen molar-refractivity contribution in [3.8, 4) is 0 Å². The van der Waals surface area contributed by atoms with Crippen LogP contribution in [0.1, 0.15) is 38.5 Å². The van der Waals surface area contributed by atoms with Gasteiger partial charge in [0, 0.05) is 14.2 Å². The first-order chi connectivity index (χ1) is 6.95. The first-order valence-corrected chi connectivity index (χ1v) is 5.84. The van der Waals surface area contributed by atoms with Crippen molar-refractivity contribution in [2.24, 2.45) is 23.7 Å². The van der Waals surface area contributed by atoms with Gasteiger partial charge in [0.25, 0.3) is 0 Å². The molecule has 0 saturated heterocycles. The maximum Gasteiger partial charge on any atom is 0.0319 e. The van der Waals surface area contributed by atoms with Gasteiger partial charge in [-0.15, -0.1) is 0 Å². The lowest BCUT2D eigenvalue weighted by atomic mass is 9.82. The molecule has 0 aliphatic heterocycles. The van der Waals surface area contributed by atoms with Gasteiger partial charge in [-0.05, 0) is 55.8 Å². The Kier molecular flexibility index (Phi) is 4.90. The quantitative estimate of drug-likeness (QED) is 0.628. The Morgan fingerprint density at radius 3 is 1.57 bits per heavy atom. The lowest BCUT2D eigenvalue weighted by Gasteiger charge is -2.23. The number of hydrogen-bond donors (Lipinski definition) is 2. The number of hydrogen-bond acceptors (Lipinski definition) is 2. The molecule has 3 aliphatic rings. The molecule has 0 spiro atoms. The molecule has 3 fully saturated rings. The first kappa shape index (κ1) is 12.0. The Bertz CT molecular complexity index is 142. The summed E-state index contributed by atoms with van der Waals surface area (Å²) in [6.45, 7) is 0. The molecule has 0 aromatic rings. The minimum Gasteiger partial charge on any atom is -0.400 e. The molecule has 0 aromatic heterocycles. The molecular weight excluding hydrogens is 176 g/mol. The van der Waals surface area contributed by atoms with E-state index in [0.717, 1.165) is 14.2 Å². The highest BCUT2D eigenvalue weighted by molar-refractivity contribution is 4.98. The second-order valence-electron chi connectivity index (χ2n) is 4.59. The van der Waals surface area contributed by atoms with Crippen molar-refractivity contribution in [2.75, 3.05) is 14.2 Å². The van der Waals surface area contributed by atoms with E-state index in [9.17, 15) is 0 Å². The summed E-state index contributed by atoms with van der Waals surface area (Å²) in [5.41, 5.74) is 0. The monoisotopic (exact) mass is 200 g/mol. The summed E-state index contributed by atoms with van der Waals surface area (Å²) in [7, 11) is 2.00. The molecule has 0 amide bonds. The first-order valence-electron chi connectivity index (χ1n) is 5.84. The number of rotatable bonds is 0. The van der Waals surface area contributed by atoms with Crippen LogP contribution in [0, 0.1) is 23.7 Å². The van der Waals surface area contributed by atoms with Crippen molar-refractivity contribution in [3.63, 3.8) is 0 Å². The van der Waals surface area contributed by atoms with Crippen LogP contribution in [-0.4, -0.2) is 24.4 Å².